The number of nitrogens with one attached hydrogen (secondary N) is 2. The first kappa shape index (κ1) is 20.2. The standard InChI is InChI=1S/C17H25N3O3S.ClH/c1-12(2)19-24(22,23)16-7-3-13(4-8-16)17(21)20-14-5-6-15(20)11-18-10-9-14;/h3-4,7-8,12,14-15,18-19H,5-6,9-11H2,1-2H3;1H. The van der Waals surface area contributed by atoms with Gasteiger partial charge >= 0.3 is 0 Å². The molecule has 3 rings (SSSR count). The maximum Gasteiger partial charge on any atom is 0.254 e. The number of carbonyl (C=O) groups excluding carboxylic acids is 1. The van der Waals surface area contributed by atoms with Gasteiger partial charge in [-0.25, -0.2) is 13.1 Å². The third kappa shape index (κ3) is 4.34. The molecule has 140 valence electrons. The second-order valence-electron chi connectivity index (χ2n) is 6.89. The van der Waals surface area contributed by atoms with E-state index in [0.29, 0.717) is 11.6 Å². The molecule has 1 aromatic rings. The van der Waals surface area contributed by atoms with Crippen LogP contribution in [0.1, 0.15) is 43.5 Å². The number of rotatable bonds is 4. The van der Waals surface area contributed by atoms with Gasteiger partial charge < -0.3 is 10.2 Å². The van der Waals surface area contributed by atoms with Crippen molar-refractivity contribution >= 4 is 28.3 Å². The van der Waals surface area contributed by atoms with Crippen LogP contribution in [0.3, 0.4) is 0 Å². The van der Waals surface area contributed by atoms with Crippen molar-refractivity contribution in [3.05, 3.63) is 29.8 Å². The highest BCUT2D eigenvalue weighted by Crippen LogP contribution is 2.29. The molecule has 6 nitrogen and oxygen atoms in total. The Labute approximate surface area is 155 Å². The van der Waals surface area contributed by atoms with Crippen LogP contribution in [0.2, 0.25) is 0 Å². The maximum atomic E-state index is 12.9. The Morgan fingerprint density at radius 1 is 1.16 bits per heavy atom. The number of hydrogen-bond donors (Lipinski definition) is 2. The van der Waals surface area contributed by atoms with Crippen molar-refractivity contribution in [1.29, 1.82) is 0 Å². The lowest BCUT2D eigenvalue weighted by Crippen LogP contribution is -2.42. The van der Waals surface area contributed by atoms with Crippen LogP contribution in [0, 0.1) is 0 Å². The van der Waals surface area contributed by atoms with Gasteiger partial charge in [0.25, 0.3) is 5.91 Å². The Kier molecular flexibility index (Phi) is 6.48. The first-order valence-corrected chi connectivity index (χ1v) is 10.0. The quantitative estimate of drug-likeness (QED) is 0.825. The minimum absolute atomic E-state index is 0. The molecule has 2 saturated heterocycles. The SMILES string of the molecule is CC(C)NS(=O)(=O)c1ccc(C(=O)N2C3CCNCC2CC3)cc1.Cl. The van der Waals surface area contributed by atoms with Gasteiger partial charge in [0.05, 0.1) is 4.90 Å². The molecule has 0 radical (unpaired) electrons. The normalized spacial score (nSPS) is 23.2. The molecule has 2 heterocycles. The molecular weight excluding hydrogens is 362 g/mol. The second-order valence-corrected chi connectivity index (χ2v) is 8.60. The second kappa shape index (κ2) is 8.03. The van der Waals surface area contributed by atoms with E-state index in [4.69, 9.17) is 0 Å². The zero-order valence-corrected chi connectivity index (χ0v) is 16.2. The summed E-state index contributed by atoms with van der Waals surface area (Å²) in [6.45, 7) is 5.34. The molecule has 2 aliphatic heterocycles. The fourth-order valence-corrected chi connectivity index (χ4v) is 4.87. The largest absolute Gasteiger partial charge is 0.331 e. The molecule has 2 unspecified atom stereocenters. The van der Waals surface area contributed by atoms with E-state index >= 15 is 0 Å². The summed E-state index contributed by atoms with van der Waals surface area (Å²) < 4.78 is 26.9. The maximum absolute atomic E-state index is 12.9. The zero-order chi connectivity index (χ0) is 17.3. The van der Waals surface area contributed by atoms with Crippen LogP contribution < -0.4 is 10.0 Å². The van der Waals surface area contributed by atoms with Crippen molar-refractivity contribution < 1.29 is 13.2 Å². The molecule has 8 heteroatoms. The predicted molar refractivity (Wildman–Crippen MR) is 99.6 cm³/mol. The van der Waals surface area contributed by atoms with E-state index in [2.05, 4.69) is 10.0 Å². The smallest absolute Gasteiger partial charge is 0.254 e. The first-order valence-electron chi connectivity index (χ1n) is 8.54. The van der Waals surface area contributed by atoms with Crippen LogP contribution in [0.5, 0.6) is 0 Å². The summed E-state index contributed by atoms with van der Waals surface area (Å²) in [6.07, 6.45) is 3.07. The van der Waals surface area contributed by atoms with Crippen molar-refractivity contribution in [2.24, 2.45) is 0 Å². The third-order valence-electron chi connectivity index (χ3n) is 4.69. The summed E-state index contributed by atoms with van der Waals surface area (Å²) in [5.74, 6) is 0.00645. The first-order chi connectivity index (χ1) is 11.4. The molecule has 2 N–H and O–H groups in total. The molecule has 0 spiro atoms. The van der Waals surface area contributed by atoms with E-state index in [0.717, 1.165) is 32.4 Å². The molecule has 2 bridgehead atoms. The number of carbonyl (C=O) groups is 1. The monoisotopic (exact) mass is 387 g/mol. The fourth-order valence-electron chi connectivity index (χ4n) is 3.62. The van der Waals surface area contributed by atoms with Gasteiger partial charge in [0.15, 0.2) is 0 Å². The highest BCUT2D eigenvalue weighted by atomic mass is 35.5. The number of hydrogen-bond acceptors (Lipinski definition) is 4. The van der Waals surface area contributed by atoms with Gasteiger partial charge in [-0.2, -0.15) is 0 Å². The minimum Gasteiger partial charge on any atom is -0.331 e. The van der Waals surface area contributed by atoms with Crippen LogP contribution in [-0.2, 0) is 10.0 Å². The van der Waals surface area contributed by atoms with E-state index in [9.17, 15) is 13.2 Å². The fraction of sp³-hybridized carbons (Fsp3) is 0.588. The molecule has 0 saturated carbocycles. The topological polar surface area (TPSA) is 78.5 Å². The minimum atomic E-state index is -3.53. The van der Waals surface area contributed by atoms with E-state index in [-0.39, 0.29) is 35.3 Å². The average Bonchev–Trinajstić information content (AvgIpc) is 2.78. The van der Waals surface area contributed by atoms with Gasteiger partial charge in [-0.3, -0.25) is 4.79 Å². The van der Waals surface area contributed by atoms with Crippen LogP contribution in [-0.4, -0.2) is 50.4 Å². The van der Waals surface area contributed by atoms with Crippen molar-refractivity contribution in [2.45, 2.75) is 56.1 Å². The molecule has 0 aliphatic carbocycles. The van der Waals surface area contributed by atoms with E-state index in [1.807, 2.05) is 4.90 Å². The number of fused-ring (bicyclic) bond motifs is 2. The molecule has 0 aromatic heterocycles. The molecule has 1 aromatic carbocycles. The Bertz CT molecular complexity index is 692. The van der Waals surface area contributed by atoms with Crippen molar-refractivity contribution in [3.63, 3.8) is 0 Å². The van der Waals surface area contributed by atoms with Crippen LogP contribution in [0.15, 0.2) is 29.2 Å². The molecule has 25 heavy (non-hydrogen) atoms. The highest BCUT2D eigenvalue weighted by Gasteiger charge is 2.38. The lowest BCUT2D eigenvalue weighted by Gasteiger charge is -2.28. The van der Waals surface area contributed by atoms with Gasteiger partial charge in [-0.1, -0.05) is 0 Å². The van der Waals surface area contributed by atoms with Crippen LogP contribution in [0.25, 0.3) is 0 Å². The molecular formula is C17H26ClN3O3S. The summed E-state index contributed by atoms with van der Waals surface area (Å²) in [5, 5.41) is 3.38. The van der Waals surface area contributed by atoms with Crippen LogP contribution >= 0.6 is 12.4 Å². The van der Waals surface area contributed by atoms with Gasteiger partial charge in [-0.15, -0.1) is 12.4 Å². The van der Waals surface area contributed by atoms with E-state index in [1.54, 1.807) is 26.0 Å². The summed E-state index contributed by atoms with van der Waals surface area (Å²) in [4.78, 5) is 15.1. The average molecular weight is 388 g/mol. The lowest BCUT2D eigenvalue weighted by atomic mass is 10.1. The zero-order valence-electron chi connectivity index (χ0n) is 14.6. The van der Waals surface area contributed by atoms with Crippen molar-refractivity contribution in [1.82, 2.24) is 14.9 Å². The molecule has 2 fully saturated rings. The van der Waals surface area contributed by atoms with Crippen molar-refractivity contribution in [2.75, 3.05) is 13.1 Å². The van der Waals surface area contributed by atoms with Gasteiger partial charge in [0, 0.05) is 30.2 Å². The highest BCUT2D eigenvalue weighted by molar-refractivity contribution is 7.89. The summed E-state index contributed by atoms with van der Waals surface area (Å²) in [6, 6.07) is 6.63. The van der Waals surface area contributed by atoms with Gasteiger partial charge in [0.1, 0.15) is 0 Å². The predicted octanol–water partition coefficient (Wildman–Crippen LogP) is 1.76. The number of nitrogens with zero attached hydrogens (tertiary/aromatic N) is 1. The van der Waals surface area contributed by atoms with Crippen molar-refractivity contribution in [3.8, 4) is 0 Å². The number of benzene rings is 1. The summed E-state index contributed by atoms with van der Waals surface area (Å²) in [7, 11) is -3.53. The Hall–Kier alpha value is -1.15. The molecule has 2 atom stereocenters. The number of amides is 1. The van der Waals surface area contributed by atoms with Gasteiger partial charge in [-0.05, 0) is 63.9 Å². The Morgan fingerprint density at radius 3 is 2.44 bits per heavy atom. The lowest BCUT2D eigenvalue weighted by molar-refractivity contribution is 0.0680. The number of sulfonamides is 1. The Balaban J connectivity index is 0.00000225. The summed E-state index contributed by atoms with van der Waals surface area (Å²) in [5.41, 5.74) is 0.553. The number of halogens is 1. The molecule has 2 aliphatic rings. The van der Waals surface area contributed by atoms with Gasteiger partial charge in [0.2, 0.25) is 10.0 Å². The third-order valence-corrected chi connectivity index (χ3v) is 6.37. The Morgan fingerprint density at radius 2 is 1.80 bits per heavy atom. The van der Waals surface area contributed by atoms with E-state index < -0.39 is 10.0 Å². The summed E-state index contributed by atoms with van der Waals surface area (Å²) >= 11 is 0. The van der Waals surface area contributed by atoms with Crippen LogP contribution in [0.4, 0.5) is 0 Å². The molecule has 1 amide bonds. The van der Waals surface area contributed by atoms with E-state index in [1.165, 1.54) is 12.1 Å².